The number of hydrogen-bond acceptors (Lipinski definition) is 3. The molecule has 1 amide bonds. The van der Waals surface area contributed by atoms with Crippen LogP contribution in [0.25, 0.3) is 0 Å². The van der Waals surface area contributed by atoms with Crippen LogP contribution >= 0.6 is 11.6 Å². The van der Waals surface area contributed by atoms with E-state index in [2.05, 4.69) is 19.2 Å². The van der Waals surface area contributed by atoms with Crippen LogP contribution in [0.3, 0.4) is 0 Å². The Balaban J connectivity index is 2.30. The van der Waals surface area contributed by atoms with Crippen LogP contribution in [-0.4, -0.2) is 27.4 Å². The minimum atomic E-state index is -3.93. The van der Waals surface area contributed by atoms with Gasteiger partial charge in [0.05, 0.1) is 10.6 Å². The van der Waals surface area contributed by atoms with Crippen LogP contribution in [0.4, 0.5) is 5.69 Å². The van der Waals surface area contributed by atoms with E-state index in [0.717, 1.165) is 31.2 Å². The zero-order valence-corrected chi connectivity index (χ0v) is 20.4. The number of hydrogen-bond donors (Lipinski definition) is 1. The molecule has 7 heteroatoms. The summed E-state index contributed by atoms with van der Waals surface area (Å²) < 4.78 is 28.1. The van der Waals surface area contributed by atoms with E-state index in [1.807, 2.05) is 6.92 Å². The number of amides is 1. The van der Waals surface area contributed by atoms with Gasteiger partial charge >= 0.3 is 0 Å². The maximum atomic E-state index is 13.5. The minimum absolute atomic E-state index is 0.148. The predicted molar refractivity (Wildman–Crippen MR) is 128 cm³/mol. The molecular weight excluding hydrogens is 432 g/mol. The maximum absolute atomic E-state index is 13.5. The first-order chi connectivity index (χ1) is 14.7. The van der Waals surface area contributed by atoms with Gasteiger partial charge in [0.1, 0.15) is 6.54 Å². The average molecular weight is 465 g/mol. The van der Waals surface area contributed by atoms with Crippen LogP contribution in [0.15, 0.2) is 47.4 Å². The fourth-order valence-electron chi connectivity index (χ4n) is 3.42. The van der Waals surface area contributed by atoms with Crippen molar-refractivity contribution in [2.24, 2.45) is 5.92 Å². The van der Waals surface area contributed by atoms with Gasteiger partial charge in [0.2, 0.25) is 5.91 Å². The predicted octanol–water partition coefficient (Wildman–Crippen LogP) is 5.48. The fourth-order valence-corrected chi connectivity index (χ4v) is 5.14. The number of nitrogens with zero attached hydrogens (tertiary/aromatic N) is 1. The van der Waals surface area contributed by atoms with Gasteiger partial charge in [0.15, 0.2) is 0 Å². The van der Waals surface area contributed by atoms with Gasteiger partial charge in [-0.05, 0) is 62.1 Å². The zero-order valence-electron chi connectivity index (χ0n) is 18.8. The van der Waals surface area contributed by atoms with Crippen LogP contribution in [0.2, 0.25) is 5.02 Å². The molecule has 1 unspecified atom stereocenters. The molecule has 2 rings (SSSR count). The second kappa shape index (κ2) is 11.5. The van der Waals surface area contributed by atoms with Gasteiger partial charge in [-0.25, -0.2) is 8.42 Å². The standard InChI is InChI=1S/C24H33ClN2O3S/c1-5-7-8-20(6-2)16-26-24(28)17-27(23-14-11-21(25)15-19(23)4)31(29,30)22-12-9-18(3)10-13-22/h9-15,20H,5-8,16-17H2,1-4H3,(H,26,28). The first-order valence-electron chi connectivity index (χ1n) is 10.8. The number of unbranched alkanes of at least 4 members (excludes halogenated alkanes) is 1. The Hall–Kier alpha value is -2.05. The van der Waals surface area contributed by atoms with E-state index in [0.29, 0.717) is 28.7 Å². The highest BCUT2D eigenvalue weighted by molar-refractivity contribution is 7.92. The molecule has 0 bridgehead atoms. The van der Waals surface area contributed by atoms with Crippen LogP contribution in [0, 0.1) is 19.8 Å². The summed E-state index contributed by atoms with van der Waals surface area (Å²) >= 11 is 6.07. The summed E-state index contributed by atoms with van der Waals surface area (Å²) in [6.07, 6.45) is 4.26. The number of carbonyl (C=O) groups excluding carboxylic acids is 1. The highest BCUT2D eigenvalue weighted by Crippen LogP contribution is 2.29. The Labute approximate surface area is 191 Å². The third kappa shape index (κ3) is 6.97. The molecule has 1 N–H and O–H groups in total. The number of nitrogens with one attached hydrogen (secondary N) is 1. The number of benzene rings is 2. The number of halogens is 1. The average Bonchev–Trinajstić information content (AvgIpc) is 2.73. The van der Waals surface area contributed by atoms with Crippen molar-refractivity contribution in [1.82, 2.24) is 5.32 Å². The van der Waals surface area contributed by atoms with Gasteiger partial charge in [0, 0.05) is 11.6 Å². The molecule has 1 atom stereocenters. The molecule has 0 radical (unpaired) electrons. The first-order valence-corrected chi connectivity index (χ1v) is 12.6. The highest BCUT2D eigenvalue weighted by Gasteiger charge is 2.28. The van der Waals surface area contributed by atoms with Crippen molar-refractivity contribution in [1.29, 1.82) is 0 Å². The van der Waals surface area contributed by atoms with E-state index in [4.69, 9.17) is 11.6 Å². The Kier molecular flexibility index (Phi) is 9.38. The third-order valence-corrected chi connectivity index (χ3v) is 7.46. The van der Waals surface area contributed by atoms with E-state index in [9.17, 15) is 13.2 Å². The summed E-state index contributed by atoms with van der Waals surface area (Å²) in [6, 6.07) is 11.6. The van der Waals surface area contributed by atoms with Crippen molar-refractivity contribution in [3.05, 3.63) is 58.6 Å². The largest absolute Gasteiger partial charge is 0.354 e. The summed E-state index contributed by atoms with van der Waals surface area (Å²) in [7, 11) is -3.93. The summed E-state index contributed by atoms with van der Waals surface area (Å²) in [6.45, 7) is 8.20. The number of anilines is 1. The van der Waals surface area contributed by atoms with Gasteiger partial charge in [-0.2, -0.15) is 0 Å². The van der Waals surface area contributed by atoms with Gasteiger partial charge in [-0.3, -0.25) is 9.10 Å². The number of sulfonamides is 1. The molecule has 0 fully saturated rings. The summed E-state index contributed by atoms with van der Waals surface area (Å²) in [5.41, 5.74) is 2.09. The SMILES string of the molecule is CCCCC(CC)CNC(=O)CN(c1ccc(Cl)cc1C)S(=O)(=O)c1ccc(C)cc1. The summed E-state index contributed by atoms with van der Waals surface area (Å²) in [5, 5.41) is 3.45. The van der Waals surface area contributed by atoms with E-state index in [-0.39, 0.29) is 17.3 Å². The van der Waals surface area contributed by atoms with E-state index >= 15 is 0 Å². The van der Waals surface area contributed by atoms with E-state index in [1.165, 1.54) is 4.31 Å². The smallest absolute Gasteiger partial charge is 0.264 e. The van der Waals surface area contributed by atoms with Crippen LogP contribution < -0.4 is 9.62 Å². The Morgan fingerprint density at radius 1 is 1.10 bits per heavy atom. The van der Waals surface area contributed by atoms with Crippen molar-refractivity contribution >= 4 is 33.2 Å². The lowest BCUT2D eigenvalue weighted by Crippen LogP contribution is -2.42. The molecule has 170 valence electrons. The van der Waals surface area contributed by atoms with Crippen LogP contribution in [0.1, 0.15) is 50.7 Å². The molecule has 0 saturated heterocycles. The number of aryl methyl sites for hydroxylation is 2. The van der Waals surface area contributed by atoms with E-state index < -0.39 is 10.0 Å². The van der Waals surface area contributed by atoms with E-state index in [1.54, 1.807) is 49.4 Å². The van der Waals surface area contributed by atoms with Gasteiger partial charge in [-0.15, -0.1) is 0 Å². The first kappa shape index (κ1) is 25.2. The molecule has 2 aromatic rings. The molecule has 2 aromatic carbocycles. The van der Waals surface area contributed by atoms with Gasteiger partial charge < -0.3 is 5.32 Å². The monoisotopic (exact) mass is 464 g/mol. The second-order valence-corrected chi connectivity index (χ2v) is 10.3. The maximum Gasteiger partial charge on any atom is 0.264 e. The lowest BCUT2D eigenvalue weighted by atomic mass is 9.99. The lowest BCUT2D eigenvalue weighted by Gasteiger charge is -2.26. The number of carbonyl (C=O) groups is 1. The van der Waals surface area contributed by atoms with Gasteiger partial charge in [-0.1, -0.05) is 62.4 Å². The minimum Gasteiger partial charge on any atom is -0.354 e. The third-order valence-electron chi connectivity index (χ3n) is 5.45. The molecule has 31 heavy (non-hydrogen) atoms. The molecule has 0 saturated carbocycles. The van der Waals surface area contributed by atoms with Gasteiger partial charge in [0.25, 0.3) is 10.0 Å². The molecule has 0 aliphatic heterocycles. The molecular formula is C24H33ClN2O3S. The van der Waals surface area contributed by atoms with Crippen molar-refractivity contribution in [2.75, 3.05) is 17.4 Å². The Morgan fingerprint density at radius 2 is 1.77 bits per heavy atom. The zero-order chi connectivity index (χ0) is 23.0. The normalized spacial score (nSPS) is 12.4. The molecule has 0 aliphatic rings. The van der Waals surface area contributed by atoms with Crippen molar-refractivity contribution < 1.29 is 13.2 Å². The summed E-state index contributed by atoms with van der Waals surface area (Å²) in [5.74, 6) is 0.0725. The Bertz CT molecular complexity index is 975. The molecule has 0 spiro atoms. The van der Waals surface area contributed by atoms with Crippen LogP contribution in [0.5, 0.6) is 0 Å². The Morgan fingerprint density at radius 3 is 2.35 bits per heavy atom. The lowest BCUT2D eigenvalue weighted by molar-refractivity contribution is -0.119. The van der Waals surface area contributed by atoms with Crippen molar-refractivity contribution in [2.45, 2.75) is 58.3 Å². The van der Waals surface area contributed by atoms with Crippen molar-refractivity contribution in [3.63, 3.8) is 0 Å². The highest BCUT2D eigenvalue weighted by atomic mass is 35.5. The topological polar surface area (TPSA) is 66.5 Å². The fraction of sp³-hybridized carbons (Fsp3) is 0.458. The molecule has 0 heterocycles. The second-order valence-electron chi connectivity index (χ2n) is 7.98. The van der Waals surface area contributed by atoms with Crippen molar-refractivity contribution in [3.8, 4) is 0 Å². The molecule has 5 nitrogen and oxygen atoms in total. The van der Waals surface area contributed by atoms with Crippen LogP contribution in [-0.2, 0) is 14.8 Å². The molecule has 0 aliphatic carbocycles. The number of rotatable bonds is 11. The summed E-state index contributed by atoms with van der Waals surface area (Å²) in [4.78, 5) is 12.9. The molecule has 0 aromatic heterocycles. The quantitative estimate of drug-likeness (QED) is 0.478.